The summed E-state index contributed by atoms with van der Waals surface area (Å²) in [6.07, 6.45) is -0.973. The number of aliphatic hydroxyl groups is 1. The third-order valence-electron chi connectivity index (χ3n) is 3.08. The van der Waals surface area contributed by atoms with E-state index in [0.717, 1.165) is 0 Å². The van der Waals surface area contributed by atoms with Crippen molar-refractivity contribution in [2.45, 2.75) is 6.10 Å². The molecule has 0 fully saturated rings. The molecule has 2 aromatic carbocycles. The summed E-state index contributed by atoms with van der Waals surface area (Å²) in [5.41, 5.74) is 0.989. The summed E-state index contributed by atoms with van der Waals surface area (Å²) in [5, 5.41) is 10.6. The first-order chi connectivity index (χ1) is 9.63. The first kappa shape index (κ1) is 13.2. The van der Waals surface area contributed by atoms with Crippen LogP contribution in [0.5, 0.6) is 11.5 Å². The third kappa shape index (κ3) is 2.57. The summed E-state index contributed by atoms with van der Waals surface area (Å²) in [6, 6.07) is 9.13. The largest absolute Gasteiger partial charge is 0.486 e. The van der Waals surface area contributed by atoms with Crippen LogP contribution in [-0.2, 0) is 0 Å². The van der Waals surface area contributed by atoms with Gasteiger partial charge in [-0.3, -0.25) is 0 Å². The van der Waals surface area contributed by atoms with Gasteiger partial charge in [0.25, 0.3) is 0 Å². The number of hydrogen-bond donors (Lipinski definition) is 1. The monoisotopic (exact) mass is 294 g/mol. The van der Waals surface area contributed by atoms with Gasteiger partial charge in [-0.2, -0.15) is 0 Å². The minimum absolute atomic E-state index is 0.247. The topological polar surface area (TPSA) is 38.7 Å². The van der Waals surface area contributed by atoms with Crippen LogP contribution in [0.15, 0.2) is 36.4 Å². The van der Waals surface area contributed by atoms with Gasteiger partial charge >= 0.3 is 0 Å². The minimum atomic E-state index is -0.973. The fourth-order valence-corrected chi connectivity index (χ4v) is 2.39. The molecule has 5 heteroatoms. The Morgan fingerprint density at radius 3 is 2.50 bits per heavy atom. The fourth-order valence-electron chi connectivity index (χ4n) is 2.16. The molecule has 20 heavy (non-hydrogen) atoms. The highest BCUT2D eigenvalue weighted by Gasteiger charge is 2.17. The van der Waals surface area contributed by atoms with Gasteiger partial charge in [0.15, 0.2) is 11.5 Å². The smallest absolute Gasteiger partial charge is 0.161 e. The number of hydrogen-bond acceptors (Lipinski definition) is 3. The third-order valence-corrected chi connectivity index (χ3v) is 3.30. The van der Waals surface area contributed by atoms with E-state index in [0.29, 0.717) is 35.8 Å². The van der Waals surface area contributed by atoms with Crippen LogP contribution in [0.3, 0.4) is 0 Å². The van der Waals surface area contributed by atoms with Crippen molar-refractivity contribution in [3.05, 3.63) is 58.4 Å². The molecule has 1 heterocycles. The molecule has 1 aliphatic rings. The zero-order chi connectivity index (χ0) is 14.1. The lowest BCUT2D eigenvalue weighted by Crippen LogP contribution is -2.15. The zero-order valence-electron chi connectivity index (χ0n) is 10.5. The van der Waals surface area contributed by atoms with Crippen LogP contribution < -0.4 is 9.47 Å². The van der Waals surface area contributed by atoms with Crippen molar-refractivity contribution in [1.82, 2.24) is 0 Å². The Bertz CT molecular complexity index is 625. The molecular formula is C15H12ClFO3. The minimum Gasteiger partial charge on any atom is -0.486 e. The molecule has 0 spiro atoms. The van der Waals surface area contributed by atoms with E-state index >= 15 is 0 Å². The summed E-state index contributed by atoms with van der Waals surface area (Å²) < 4.78 is 24.2. The molecule has 0 radical (unpaired) electrons. The molecular weight excluding hydrogens is 283 g/mol. The maximum Gasteiger partial charge on any atom is 0.161 e. The van der Waals surface area contributed by atoms with E-state index in [4.69, 9.17) is 21.1 Å². The van der Waals surface area contributed by atoms with E-state index in [2.05, 4.69) is 0 Å². The Labute approximate surface area is 120 Å². The summed E-state index contributed by atoms with van der Waals surface area (Å²) in [5.74, 6) is 0.740. The average molecular weight is 295 g/mol. The van der Waals surface area contributed by atoms with E-state index in [-0.39, 0.29) is 5.02 Å². The Morgan fingerprint density at radius 2 is 1.75 bits per heavy atom. The summed E-state index contributed by atoms with van der Waals surface area (Å²) in [7, 11) is 0. The predicted molar refractivity (Wildman–Crippen MR) is 72.9 cm³/mol. The molecule has 1 atom stereocenters. The van der Waals surface area contributed by atoms with Crippen molar-refractivity contribution in [1.29, 1.82) is 0 Å². The molecule has 0 saturated carbocycles. The highest BCUT2D eigenvalue weighted by Crippen LogP contribution is 2.34. The number of ether oxygens (including phenoxy) is 2. The second kappa shape index (κ2) is 5.31. The molecule has 1 unspecified atom stereocenters. The average Bonchev–Trinajstić information content (AvgIpc) is 2.45. The molecule has 0 aliphatic carbocycles. The molecule has 3 nitrogen and oxygen atoms in total. The molecule has 0 saturated heterocycles. The van der Waals surface area contributed by atoms with Crippen molar-refractivity contribution in [2.75, 3.05) is 13.2 Å². The molecule has 2 aromatic rings. The van der Waals surface area contributed by atoms with Crippen LogP contribution in [-0.4, -0.2) is 18.3 Å². The number of aliphatic hydroxyl groups excluding tert-OH is 1. The first-order valence-electron chi connectivity index (χ1n) is 6.17. The highest BCUT2D eigenvalue weighted by atomic mass is 35.5. The van der Waals surface area contributed by atoms with Gasteiger partial charge in [0.05, 0.1) is 0 Å². The number of benzene rings is 2. The van der Waals surface area contributed by atoms with Crippen LogP contribution in [0.25, 0.3) is 0 Å². The van der Waals surface area contributed by atoms with Crippen molar-refractivity contribution in [3.63, 3.8) is 0 Å². The lowest BCUT2D eigenvalue weighted by molar-refractivity contribution is 0.169. The van der Waals surface area contributed by atoms with Gasteiger partial charge in [0.2, 0.25) is 0 Å². The maximum atomic E-state index is 13.3. The molecule has 0 amide bonds. The molecule has 104 valence electrons. The lowest BCUT2D eigenvalue weighted by Gasteiger charge is -2.20. The molecule has 3 rings (SSSR count). The molecule has 1 aliphatic heterocycles. The Balaban J connectivity index is 1.95. The van der Waals surface area contributed by atoms with Gasteiger partial charge in [-0.1, -0.05) is 17.7 Å². The Hall–Kier alpha value is -1.78. The second-order valence-corrected chi connectivity index (χ2v) is 4.94. The van der Waals surface area contributed by atoms with Crippen LogP contribution >= 0.6 is 11.6 Å². The number of rotatable bonds is 2. The number of fused-ring (bicyclic) bond motifs is 1. The van der Waals surface area contributed by atoms with Crippen LogP contribution in [0, 0.1) is 5.82 Å². The van der Waals surface area contributed by atoms with E-state index in [1.54, 1.807) is 18.2 Å². The first-order valence-corrected chi connectivity index (χ1v) is 6.55. The highest BCUT2D eigenvalue weighted by molar-refractivity contribution is 6.30. The summed E-state index contributed by atoms with van der Waals surface area (Å²) >= 11 is 5.80. The normalized spacial score (nSPS) is 14.9. The van der Waals surface area contributed by atoms with Gasteiger partial charge in [-0.05, 0) is 41.5 Å². The van der Waals surface area contributed by atoms with Gasteiger partial charge in [0.1, 0.15) is 25.1 Å². The van der Waals surface area contributed by atoms with Crippen LogP contribution in [0.4, 0.5) is 4.39 Å². The second-order valence-electron chi connectivity index (χ2n) is 4.51. The lowest BCUT2D eigenvalue weighted by atomic mass is 10.0. The van der Waals surface area contributed by atoms with Gasteiger partial charge in [-0.15, -0.1) is 0 Å². The van der Waals surface area contributed by atoms with Crippen LogP contribution in [0.1, 0.15) is 17.2 Å². The van der Waals surface area contributed by atoms with Gasteiger partial charge < -0.3 is 14.6 Å². The number of halogens is 2. The molecule has 0 aromatic heterocycles. The van der Waals surface area contributed by atoms with Crippen LogP contribution in [0.2, 0.25) is 5.02 Å². The van der Waals surface area contributed by atoms with Crippen molar-refractivity contribution < 1.29 is 19.0 Å². The van der Waals surface area contributed by atoms with E-state index < -0.39 is 11.9 Å². The predicted octanol–water partition coefficient (Wildman–Crippen LogP) is 3.33. The van der Waals surface area contributed by atoms with Gasteiger partial charge in [-0.25, -0.2) is 4.39 Å². The standard InChI is InChI=1S/C15H12ClFO3/c16-11-5-10(6-12(17)8-11)15(18)9-1-2-13-14(7-9)20-4-3-19-13/h1-2,5-8,15,18H,3-4H2. The van der Waals surface area contributed by atoms with E-state index in [1.807, 2.05) is 0 Å². The maximum absolute atomic E-state index is 13.3. The quantitative estimate of drug-likeness (QED) is 0.923. The zero-order valence-corrected chi connectivity index (χ0v) is 11.2. The SMILES string of the molecule is OC(c1cc(F)cc(Cl)c1)c1ccc2c(c1)OCCO2. The fraction of sp³-hybridized carbons (Fsp3) is 0.200. The molecule has 1 N–H and O–H groups in total. The van der Waals surface area contributed by atoms with Crippen molar-refractivity contribution >= 4 is 11.6 Å². The van der Waals surface area contributed by atoms with E-state index in [1.165, 1.54) is 18.2 Å². The summed E-state index contributed by atoms with van der Waals surface area (Å²) in [4.78, 5) is 0. The Morgan fingerprint density at radius 1 is 1.00 bits per heavy atom. The van der Waals surface area contributed by atoms with E-state index in [9.17, 15) is 9.50 Å². The van der Waals surface area contributed by atoms with Gasteiger partial charge in [0, 0.05) is 5.02 Å². The molecule has 0 bridgehead atoms. The Kier molecular flexibility index (Phi) is 3.51. The van der Waals surface area contributed by atoms with Crippen molar-refractivity contribution in [2.24, 2.45) is 0 Å². The summed E-state index contributed by atoms with van der Waals surface area (Å²) in [6.45, 7) is 0.979. The van der Waals surface area contributed by atoms with Crippen molar-refractivity contribution in [3.8, 4) is 11.5 Å².